The number of rotatable bonds is 5. The zero-order chi connectivity index (χ0) is 14.5. The van der Waals surface area contributed by atoms with Crippen LogP contribution >= 0.6 is 0 Å². The highest BCUT2D eigenvalue weighted by atomic mass is 19.1. The maximum Gasteiger partial charge on any atom is 0.310 e. The number of halogens is 1. The molecule has 0 aromatic heterocycles. The summed E-state index contributed by atoms with van der Waals surface area (Å²) >= 11 is 0. The smallest absolute Gasteiger partial charge is 0.310 e. The number of aliphatic carboxylic acids is 1. The van der Waals surface area contributed by atoms with Crippen LogP contribution in [0.4, 0.5) is 4.39 Å². The van der Waals surface area contributed by atoms with Crippen molar-refractivity contribution in [3.63, 3.8) is 0 Å². The van der Waals surface area contributed by atoms with E-state index >= 15 is 0 Å². The Morgan fingerprint density at radius 2 is 2.10 bits per heavy atom. The molecule has 0 spiro atoms. The fourth-order valence-corrected chi connectivity index (χ4v) is 1.94. The fourth-order valence-electron chi connectivity index (χ4n) is 1.94. The Balaban J connectivity index is 1.78. The molecule has 0 heterocycles. The van der Waals surface area contributed by atoms with Crippen molar-refractivity contribution in [2.24, 2.45) is 5.92 Å². The molecule has 2 atom stereocenters. The second-order valence-corrected chi connectivity index (χ2v) is 4.46. The number of benzene rings is 1. The average molecular weight is 279 g/mol. The van der Waals surface area contributed by atoms with Gasteiger partial charge < -0.3 is 15.2 Å². The van der Waals surface area contributed by atoms with Gasteiger partial charge in [0.15, 0.2) is 18.2 Å². The number of para-hydroxylation sites is 1. The molecule has 0 aliphatic heterocycles. The lowest BCUT2D eigenvalue weighted by molar-refractivity contribution is -0.140. The Bertz CT molecular complexity index is 544. The molecular formula is C14H14FNO4. The predicted molar refractivity (Wildman–Crippen MR) is 68.7 cm³/mol. The van der Waals surface area contributed by atoms with E-state index in [4.69, 9.17) is 9.84 Å². The first kappa shape index (κ1) is 14.0. The van der Waals surface area contributed by atoms with Crippen molar-refractivity contribution in [3.05, 3.63) is 42.2 Å². The van der Waals surface area contributed by atoms with Gasteiger partial charge in [-0.25, -0.2) is 4.39 Å². The Morgan fingerprint density at radius 3 is 2.75 bits per heavy atom. The minimum Gasteiger partial charge on any atom is -0.481 e. The Hall–Kier alpha value is -2.37. The summed E-state index contributed by atoms with van der Waals surface area (Å²) in [6.07, 6.45) is 3.51. The molecule has 2 unspecified atom stereocenters. The zero-order valence-corrected chi connectivity index (χ0v) is 10.6. The summed E-state index contributed by atoms with van der Waals surface area (Å²) < 4.78 is 18.3. The van der Waals surface area contributed by atoms with E-state index in [2.05, 4.69) is 5.32 Å². The third-order valence-electron chi connectivity index (χ3n) is 2.94. The highest BCUT2D eigenvalue weighted by Gasteiger charge is 2.25. The van der Waals surface area contributed by atoms with E-state index < -0.39 is 23.6 Å². The summed E-state index contributed by atoms with van der Waals surface area (Å²) in [5, 5.41) is 11.4. The first-order chi connectivity index (χ1) is 9.56. The lowest BCUT2D eigenvalue weighted by Crippen LogP contribution is -2.36. The van der Waals surface area contributed by atoms with Gasteiger partial charge in [-0.1, -0.05) is 24.3 Å². The van der Waals surface area contributed by atoms with Crippen molar-refractivity contribution < 1.29 is 23.8 Å². The van der Waals surface area contributed by atoms with Gasteiger partial charge in [0, 0.05) is 6.04 Å². The molecule has 2 rings (SSSR count). The van der Waals surface area contributed by atoms with E-state index in [1.807, 2.05) is 0 Å². The minimum absolute atomic E-state index is 0.00743. The van der Waals surface area contributed by atoms with Crippen molar-refractivity contribution in [1.82, 2.24) is 5.32 Å². The Morgan fingerprint density at radius 1 is 1.35 bits per heavy atom. The molecular weight excluding hydrogens is 265 g/mol. The predicted octanol–water partition coefficient (Wildman–Crippen LogP) is 1.35. The van der Waals surface area contributed by atoms with Crippen LogP contribution in [0.5, 0.6) is 5.75 Å². The summed E-state index contributed by atoms with van der Waals surface area (Å²) in [7, 11) is 0. The molecule has 1 aromatic carbocycles. The third-order valence-corrected chi connectivity index (χ3v) is 2.94. The van der Waals surface area contributed by atoms with Crippen LogP contribution in [0.1, 0.15) is 6.42 Å². The molecule has 2 N–H and O–H groups in total. The molecule has 1 aliphatic rings. The lowest BCUT2D eigenvalue weighted by Gasteiger charge is -2.12. The highest BCUT2D eigenvalue weighted by Crippen LogP contribution is 2.18. The van der Waals surface area contributed by atoms with Crippen molar-refractivity contribution in [3.8, 4) is 5.75 Å². The second kappa shape index (κ2) is 6.18. The Labute approximate surface area is 115 Å². The number of amides is 1. The van der Waals surface area contributed by atoms with Crippen LogP contribution in [0.2, 0.25) is 0 Å². The monoisotopic (exact) mass is 279 g/mol. The van der Waals surface area contributed by atoms with E-state index in [0.717, 1.165) is 0 Å². The van der Waals surface area contributed by atoms with Crippen LogP contribution < -0.4 is 10.1 Å². The van der Waals surface area contributed by atoms with Crippen LogP contribution in [-0.2, 0) is 9.59 Å². The van der Waals surface area contributed by atoms with E-state index in [1.165, 1.54) is 18.2 Å². The molecule has 1 aromatic rings. The summed E-state index contributed by atoms with van der Waals surface area (Å²) in [5.41, 5.74) is 0. The molecule has 5 nitrogen and oxygen atoms in total. The number of carbonyl (C=O) groups excluding carboxylic acids is 1. The first-order valence-corrected chi connectivity index (χ1v) is 6.14. The number of carboxylic acid groups (broad SMARTS) is 1. The van der Waals surface area contributed by atoms with Crippen LogP contribution in [0.15, 0.2) is 36.4 Å². The molecule has 0 radical (unpaired) electrons. The van der Waals surface area contributed by atoms with Gasteiger partial charge in [-0.15, -0.1) is 0 Å². The average Bonchev–Trinajstić information content (AvgIpc) is 2.86. The lowest BCUT2D eigenvalue weighted by atomic mass is 10.1. The molecule has 0 fully saturated rings. The van der Waals surface area contributed by atoms with Gasteiger partial charge in [0.25, 0.3) is 5.91 Å². The van der Waals surface area contributed by atoms with Gasteiger partial charge in [0.05, 0.1) is 5.92 Å². The first-order valence-electron chi connectivity index (χ1n) is 6.14. The second-order valence-electron chi connectivity index (χ2n) is 4.46. The van der Waals surface area contributed by atoms with Gasteiger partial charge >= 0.3 is 5.97 Å². The van der Waals surface area contributed by atoms with Crippen LogP contribution in [0.3, 0.4) is 0 Å². The number of carboxylic acids is 1. The minimum atomic E-state index is -0.916. The normalized spacial score (nSPS) is 20.6. The topological polar surface area (TPSA) is 75.6 Å². The largest absolute Gasteiger partial charge is 0.481 e. The molecule has 0 saturated carbocycles. The molecule has 6 heteroatoms. The zero-order valence-electron chi connectivity index (χ0n) is 10.6. The number of nitrogens with one attached hydrogen (secondary N) is 1. The van der Waals surface area contributed by atoms with E-state index in [0.29, 0.717) is 6.42 Å². The van der Waals surface area contributed by atoms with E-state index in [-0.39, 0.29) is 18.4 Å². The quantitative estimate of drug-likeness (QED) is 0.798. The Kier molecular flexibility index (Phi) is 4.34. The summed E-state index contributed by atoms with van der Waals surface area (Å²) in [6, 6.07) is 5.47. The molecule has 106 valence electrons. The van der Waals surface area contributed by atoms with Gasteiger partial charge in [0.1, 0.15) is 0 Å². The maximum atomic E-state index is 13.3. The highest BCUT2D eigenvalue weighted by molar-refractivity contribution is 5.79. The summed E-state index contributed by atoms with van der Waals surface area (Å²) in [4.78, 5) is 22.4. The van der Waals surface area contributed by atoms with Crippen LogP contribution in [0.25, 0.3) is 0 Å². The third kappa shape index (κ3) is 3.57. The number of ether oxygens (including phenoxy) is 1. The summed E-state index contributed by atoms with van der Waals surface area (Å²) in [6.45, 7) is -0.316. The standard InChI is InChI=1S/C14H14FNO4/c15-11-3-1-2-4-12(11)20-8-13(17)16-10-6-5-9(7-10)14(18)19/h1-6,9-10H,7-8H2,(H,16,17)(H,18,19). The van der Waals surface area contributed by atoms with E-state index in [9.17, 15) is 14.0 Å². The molecule has 1 aliphatic carbocycles. The van der Waals surface area contributed by atoms with Gasteiger partial charge in [-0.05, 0) is 18.6 Å². The van der Waals surface area contributed by atoms with Crippen molar-refractivity contribution >= 4 is 11.9 Å². The van der Waals surface area contributed by atoms with Crippen molar-refractivity contribution in [2.75, 3.05) is 6.61 Å². The number of hydrogen-bond acceptors (Lipinski definition) is 3. The van der Waals surface area contributed by atoms with Crippen molar-refractivity contribution in [1.29, 1.82) is 0 Å². The summed E-state index contributed by atoms with van der Waals surface area (Å²) in [5.74, 6) is -2.44. The SMILES string of the molecule is O=C(COc1ccccc1F)NC1C=CC(C(=O)O)C1. The molecule has 20 heavy (non-hydrogen) atoms. The number of carbonyl (C=O) groups is 2. The van der Waals surface area contributed by atoms with Gasteiger partial charge in [-0.3, -0.25) is 9.59 Å². The molecule has 0 bridgehead atoms. The molecule has 1 amide bonds. The van der Waals surface area contributed by atoms with Gasteiger partial charge in [0.2, 0.25) is 0 Å². The van der Waals surface area contributed by atoms with Crippen LogP contribution in [-0.4, -0.2) is 29.6 Å². The molecule has 0 saturated heterocycles. The van der Waals surface area contributed by atoms with Crippen molar-refractivity contribution in [2.45, 2.75) is 12.5 Å². The maximum absolute atomic E-state index is 13.3. The van der Waals surface area contributed by atoms with E-state index in [1.54, 1.807) is 18.2 Å². The number of hydrogen-bond donors (Lipinski definition) is 2. The van der Waals surface area contributed by atoms with Crippen LogP contribution in [0, 0.1) is 11.7 Å². The van der Waals surface area contributed by atoms with Gasteiger partial charge in [-0.2, -0.15) is 0 Å². The fraction of sp³-hybridized carbons (Fsp3) is 0.286.